The molecular weight excluding hydrogens is 248 g/mol. The number of nitrogens with zero attached hydrogens (tertiary/aromatic N) is 3. The summed E-state index contributed by atoms with van der Waals surface area (Å²) in [4.78, 5) is 10.7. The summed E-state index contributed by atoms with van der Waals surface area (Å²) in [6, 6.07) is -0.0142. The van der Waals surface area contributed by atoms with Crippen molar-refractivity contribution in [3.8, 4) is 0 Å². The Morgan fingerprint density at radius 3 is 2.32 bits per heavy atom. The van der Waals surface area contributed by atoms with E-state index >= 15 is 0 Å². The molecular formula is C12H22N4O3. The van der Waals surface area contributed by atoms with Crippen molar-refractivity contribution in [1.82, 2.24) is 9.78 Å². The van der Waals surface area contributed by atoms with E-state index in [4.69, 9.17) is 0 Å². The average molecular weight is 270 g/mol. The molecule has 1 unspecified atom stereocenters. The Morgan fingerprint density at radius 2 is 1.95 bits per heavy atom. The summed E-state index contributed by atoms with van der Waals surface area (Å²) < 4.78 is 1.58. The third-order valence-corrected chi connectivity index (χ3v) is 3.21. The molecule has 0 aliphatic carbocycles. The monoisotopic (exact) mass is 270 g/mol. The fraction of sp³-hybridized carbons (Fsp3) is 0.750. The van der Waals surface area contributed by atoms with Gasteiger partial charge in [-0.1, -0.05) is 0 Å². The number of hydrogen-bond acceptors (Lipinski definition) is 5. The Kier molecular flexibility index (Phi) is 4.19. The number of aryl methyl sites for hydroxylation is 1. The minimum atomic E-state index is -0.691. The Hall–Kier alpha value is -1.63. The van der Waals surface area contributed by atoms with Crippen LogP contribution in [0, 0.1) is 17.0 Å². The summed E-state index contributed by atoms with van der Waals surface area (Å²) in [5.74, 6) is 0.336. The molecule has 0 amide bonds. The van der Waals surface area contributed by atoms with E-state index in [-0.39, 0.29) is 11.7 Å². The van der Waals surface area contributed by atoms with E-state index in [1.807, 2.05) is 13.8 Å². The predicted molar refractivity (Wildman–Crippen MR) is 73.4 cm³/mol. The van der Waals surface area contributed by atoms with Crippen LogP contribution in [0.2, 0.25) is 0 Å². The molecule has 0 spiro atoms. The van der Waals surface area contributed by atoms with Crippen molar-refractivity contribution < 1.29 is 10.0 Å². The zero-order valence-corrected chi connectivity index (χ0v) is 12.3. The molecule has 0 aliphatic heterocycles. The number of aromatic nitrogens is 2. The van der Waals surface area contributed by atoms with Crippen molar-refractivity contribution in [1.29, 1.82) is 0 Å². The van der Waals surface area contributed by atoms with Crippen LogP contribution in [0.1, 0.15) is 46.4 Å². The van der Waals surface area contributed by atoms with Crippen LogP contribution in [0.25, 0.3) is 0 Å². The number of rotatable bonds is 5. The van der Waals surface area contributed by atoms with E-state index in [9.17, 15) is 15.2 Å². The second-order valence-electron chi connectivity index (χ2n) is 5.60. The molecule has 1 atom stereocenters. The fourth-order valence-corrected chi connectivity index (χ4v) is 1.66. The molecule has 7 heteroatoms. The molecule has 0 aromatic carbocycles. The summed E-state index contributed by atoms with van der Waals surface area (Å²) in [7, 11) is 0. The van der Waals surface area contributed by atoms with Gasteiger partial charge in [0.15, 0.2) is 0 Å². The first-order valence-electron chi connectivity index (χ1n) is 6.27. The summed E-state index contributed by atoms with van der Waals surface area (Å²) in [6.07, 6.45) is -0.664. The molecule has 108 valence electrons. The van der Waals surface area contributed by atoms with Crippen LogP contribution in [0.5, 0.6) is 0 Å². The van der Waals surface area contributed by atoms with Gasteiger partial charge >= 0.3 is 5.69 Å². The van der Waals surface area contributed by atoms with Crippen LogP contribution >= 0.6 is 0 Å². The summed E-state index contributed by atoms with van der Waals surface area (Å²) in [5.41, 5.74) is -0.367. The normalized spacial score (nSPS) is 13.7. The molecule has 0 radical (unpaired) electrons. The standard InChI is InChI=1S/C12H22N4O3/c1-7(2)15-11(13-12(5,6)9(4)17)10(16(18)19)8(3)14-15/h7,9,13,17H,1-6H3. The highest BCUT2D eigenvalue weighted by molar-refractivity contribution is 5.61. The number of aliphatic hydroxyl groups is 1. The Morgan fingerprint density at radius 1 is 1.42 bits per heavy atom. The summed E-state index contributed by atoms with van der Waals surface area (Å²) in [6.45, 7) is 10.6. The van der Waals surface area contributed by atoms with E-state index in [1.54, 1.807) is 32.4 Å². The lowest BCUT2D eigenvalue weighted by Crippen LogP contribution is -2.42. The quantitative estimate of drug-likeness (QED) is 0.632. The summed E-state index contributed by atoms with van der Waals surface area (Å²) >= 11 is 0. The maximum atomic E-state index is 11.2. The van der Waals surface area contributed by atoms with Crippen LogP contribution in [0.3, 0.4) is 0 Å². The summed E-state index contributed by atoms with van der Waals surface area (Å²) in [5, 5.41) is 28.2. The van der Waals surface area contributed by atoms with E-state index in [2.05, 4.69) is 10.4 Å². The number of anilines is 1. The van der Waals surface area contributed by atoms with Crippen molar-refractivity contribution >= 4 is 11.5 Å². The van der Waals surface area contributed by atoms with Crippen LogP contribution in [-0.2, 0) is 0 Å². The van der Waals surface area contributed by atoms with Gasteiger partial charge in [-0.05, 0) is 41.5 Å². The van der Waals surface area contributed by atoms with Crippen molar-refractivity contribution in [3.63, 3.8) is 0 Å². The molecule has 2 N–H and O–H groups in total. The minimum absolute atomic E-state index is 0.0142. The van der Waals surface area contributed by atoms with Crippen molar-refractivity contribution in [3.05, 3.63) is 15.8 Å². The first-order chi connectivity index (χ1) is 8.58. The van der Waals surface area contributed by atoms with Crippen LogP contribution in [0.4, 0.5) is 11.5 Å². The lowest BCUT2D eigenvalue weighted by Gasteiger charge is -2.30. The smallest absolute Gasteiger partial charge is 0.333 e. The molecule has 7 nitrogen and oxygen atoms in total. The zero-order valence-electron chi connectivity index (χ0n) is 12.3. The molecule has 19 heavy (non-hydrogen) atoms. The van der Waals surface area contributed by atoms with Gasteiger partial charge in [0, 0.05) is 6.04 Å². The van der Waals surface area contributed by atoms with Gasteiger partial charge in [-0.2, -0.15) is 5.10 Å². The topological polar surface area (TPSA) is 93.2 Å². The van der Waals surface area contributed by atoms with Crippen molar-refractivity contribution in [2.45, 2.75) is 59.2 Å². The minimum Gasteiger partial charge on any atom is -0.391 e. The zero-order chi connectivity index (χ0) is 15.0. The van der Waals surface area contributed by atoms with Crippen LogP contribution < -0.4 is 5.32 Å². The number of nitro groups is 1. The third kappa shape index (κ3) is 3.04. The second-order valence-corrected chi connectivity index (χ2v) is 5.60. The first kappa shape index (κ1) is 15.4. The first-order valence-corrected chi connectivity index (χ1v) is 6.27. The second kappa shape index (κ2) is 5.16. The van der Waals surface area contributed by atoms with Gasteiger partial charge < -0.3 is 10.4 Å². The van der Waals surface area contributed by atoms with E-state index in [0.29, 0.717) is 11.5 Å². The van der Waals surface area contributed by atoms with E-state index < -0.39 is 16.6 Å². The van der Waals surface area contributed by atoms with E-state index in [1.165, 1.54) is 0 Å². The molecule has 1 aromatic rings. The van der Waals surface area contributed by atoms with E-state index in [0.717, 1.165) is 0 Å². The Bertz CT molecular complexity index is 478. The molecule has 0 fully saturated rings. The SMILES string of the molecule is Cc1nn(C(C)C)c(NC(C)(C)C(C)O)c1[N+](=O)[O-]. The Balaban J connectivity index is 3.35. The van der Waals surface area contributed by atoms with Gasteiger partial charge in [-0.25, -0.2) is 4.68 Å². The molecule has 0 bridgehead atoms. The number of hydrogen-bond donors (Lipinski definition) is 2. The highest BCUT2D eigenvalue weighted by Gasteiger charge is 2.32. The van der Waals surface area contributed by atoms with Crippen molar-refractivity contribution in [2.75, 3.05) is 5.32 Å². The maximum Gasteiger partial charge on any atom is 0.333 e. The van der Waals surface area contributed by atoms with Gasteiger partial charge in [-0.15, -0.1) is 0 Å². The third-order valence-electron chi connectivity index (χ3n) is 3.21. The van der Waals surface area contributed by atoms with Crippen molar-refractivity contribution in [2.24, 2.45) is 0 Å². The molecule has 1 aromatic heterocycles. The molecule has 1 rings (SSSR count). The maximum absolute atomic E-state index is 11.2. The van der Waals surface area contributed by atoms with Gasteiger partial charge in [-0.3, -0.25) is 10.1 Å². The lowest BCUT2D eigenvalue weighted by atomic mass is 9.99. The average Bonchev–Trinajstić information content (AvgIpc) is 2.54. The van der Waals surface area contributed by atoms with Crippen LogP contribution in [-0.4, -0.2) is 31.5 Å². The molecule has 1 heterocycles. The van der Waals surface area contributed by atoms with Gasteiger partial charge in [0.25, 0.3) is 0 Å². The number of aliphatic hydroxyl groups excluding tert-OH is 1. The largest absolute Gasteiger partial charge is 0.391 e. The molecule has 0 aliphatic rings. The molecule has 0 saturated heterocycles. The fourth-order valence-electron chi connectivity index (χ4n) is 1.66. The highest BCUT2D eigenvalue weighted by atomic mass is 16.6. The number of nitrogens with one attached hydrogen (secondary N) is 1. The lowest BCUT2D eigenvalue weighted by molar-refractivity contribution is -0.384. The van der Waals surface area contributed by atoms with Gasteiger partial charge in [0.2, 0.25) is 5.82 Å². The van der Waals surface area contributed by atoms with Gasteiger partial charge in [0.05, 0.1) is 16.6 Å². The Labute approximate surface area is 112 Å². The molecule has 0 saturated carbocycles. The van der Waals surface area contributed by atoms with Gasteiger partial charge in [0.1, 0.15) is 5.69 Å². The predicted octanol–water partition coefficient (Wildman–Crippen LogP) is 2.25. The van der Waals surface area contributed by atoms with Crippen LogP contribution in [0.15, 0.2) is 0 Å². The highest BCUT2D eigenvalue weighted by Crippen LogP contribution is 2.33.